The SMILES string of the molecule is CC(C)C1C=Cc2sc3ccccc3c(=O)c2C1. The molecule has 1 heterocycles. The summed E-state index contributed by atoms with van der Waals surface area (Å²) in [6.07, 6.45) is 5.30. The Bertz CT molecular complexity index is 679. The summed E-state index contributed by atoms with van der Waals surface area (Å²) >= 11 is 1.73. The van der Waals surface area contributed by atoms with Crippen molar-refractivity contribution in [2.75, 3.05) is 0 Å². The first-order valence-electron chi connectivity index (χ1n) is 6.39. The van der Waals surface area contributed by atoms with E-state index in [1.165, 1.54) is 0 Å². The summed E-state index contributed by atoms with van der Waals surface area (Å²) in [5.41, 5.74) is 1.24. The summed E-state index contributed by atoms with van der Waals surface area (Å²) < 4.78 is 1.09. The van der Waals surface area contributed by atoms with Gasteiger partial charge in [-0.1, -0.05) is 32.1 Å². The van der Waals surface area contributed by atoms with Gasteiger partial charge in [-0.3, -0.25) is 4.79 Å². The summed E-state index contributed by atoms with van der Waals surface area (Å²) in [6, 6.07) is 7.91. The monoisotopic (exact) mass is 256 g/mol. The van der Waals surface area contributed by atoms with Crippen molar-refractivity contribution in [2.24, 2.45) is 11.8 Å². The first-order valence-corrected chi connectivity index (χ1v) is 7.21. The number of hydrogen-bond acceptors (Lipinski definition) is 2. The molecule has 92 valence electrons. The van der Waals surface area contributed by atoms with Gasteiger partial charge in [0, 0.05) is 20.5 Å². The minimum atomic E-state index is 0.231. The van der Waals surface area contributed by atoms with E-state index in [0.29, 0.717) is 11.8 Å². The van der Waals surface area contributed by atoms with Crippen LogP contribution in [0.25, 0.3) is 16.2 Å². The topological polar surface area (TPSA) is 17.1 Å². The Labute approximate surface area is 111 Å². The highest BCUT2D eigenvalue weighted by Crippen LogP contribution is 2.31. The zero-order chi connectivity index (χ0) is 12.7. The predicted octanol–water partition coefficient (Wildman–Crippen LogP) is 4.10. The lowest BCUT2D eigenvalue weighted by Gasteiger charge is -2.21. The van der Waals surface area contributed by atoms with Crippen LogP contribution in [-0.4, -0.2) is 0 Å². The highest BCUT2D eigenvalue weighted by molar-refractivity contribution is 7.19. The molecule has 0 bridgehead atoms. The number of allylic oxidation sites excluding steroid dienone is 1. The fraction of sp³-hybridized carbons (Fsp3) is 0.312. The molecule has 3 rings (SSSR count). The van der Waals surface area contributed by atoms with Crippen LogP contribution in [0.1, 0.15) is 24.3 Å². The largest absolute Gasteiger partial charge is 0.289 e. The zero-order valence-electron chi connectivity index (χ0n) is 10.6. The third-order valence-corrected chi connectivity index (χ3v) is 4.89. The Morgan fingerprint density at radius 1 is 1.28 bits per heavy atom. The normalized spacial score (nSPS) is 18.3. The average molecular weight is 256 g/mol. The van der Waals surface area contributed by atoms with Gasteiger partial charge in [-0.25, -0.2) is 0 Å². The van der Waals surface area contributed by atoms with Crippen molar-refractivity contribution in [1.29, 1.82) is 0 Å². The van der Waals surface area contributed by atoms with Crippen LogP contribution in [0.5, 0.6) is 0 Å². The van der Waals surface area contributed by atoms with Crippen LogP contribution >= 0.6 is 11.3 Å². The Kier molecular flexibility index (Phi) is 2.83. The molecule has 1 atom stereocenters. The van der Waals surface area contributed by atoms with E-state index in [2.05, 4.69) is 26.0 Å². The van der Waals surface area contributed by atoms with Gasteiger partial charge in [0.1, 0.15) is 0 Å². The number of fused-ring (bicyclic) bond motifs is 2. The van der Waals surface area contributed by atoms with E-state index >= 15 is 0 Å². The average Bonchev–Trinajstić information content (AvgIpc) is 2.38. The fourth-order valence-corrected chi connectivity index (χ4v) is 3.60. The zero-order valence-corrected chi connectivity index (χ0v) is 11.5. The third kappa shape index (κ3) is 1.81. The van der Waals surface area contributed by atoms with Crippen LogP contribution in [-0.2, 0) is 6.42 Å². The lowest BCUT2D eigenvalue weighted by atomic mass is 9.85. The lowest BCUT2D eigenvalue weighted by molar-refractivity contribution is 0.461. The van der Waals surface area contributed by atoms with Gasteiger partial charge in [0.2, 0.25) is 0 Å². The molecular formula is C16H16OS. The Morgan fingerprint density at radius 3 is 2.83 bits per heavy atom. The quantitative estimate of drug-likeness (QED) is 0.750. The third-order valence-electron chi connectivity index (χ3n) is 3.71. The van der Waals surface area contributed by atoms with Crippen molar-refractivity contribution in [3.05, 3.63) is 51.0 Å². The second-order valence-electron chi connectivity index (χ2n) is 5.24. The van der Waals surface area contributed by atoms with Gasteiger partial charge in [-0.05, 0) is 36.5 Å². The molecule has 1 aliphatic rings. The Hall–Kier alpha value is -1.41. The van der Waals surface area contributed by atoms with E-state index in [4.69, 9.17) is 0 Å². The van der Waals surface area contributed by atoms with Crippen molar-refractivity contribution >= 4 is 27.5 Å². The van der Waals surface area contributed by atoms with Gasteiger partial charge in [0.15, 0.2) is 5.43 Å². The van der Waals surface area contributed by atoms with Crippen LogP contribution in [0.3, 0.4) is 0 Å². The van der Waals surface area contributed by atoms with Gasteiger partial charge in [-0.2, -0.15) is 0 Å². The van der Waals surface area contributed by atoms with Gasteiger partial charge in [0.25, 0.3) is 0 Å². The van der Waals surface area contributed by atoms with Crippen LogP contribution in [0, 0.1) is 11.8 Å². The van der Waals surface area contributed by atoms with E-state index in [1.807, 2.05) is 24.3 Å². The smallest absolute Gasteiger partial charge is 0.191 e. The molecule has 0 fully saturated rings. The highest BCUT2D eigenvalue weighted by Gasteiger charge is 2.20. The second kappa shape index (κ2) is 4.36. The van der Waals surface area contributed by atoms with E-state index in [-0.39, 0.29) is 5.43 Å². The minimum Gasteiger partial charge on any atom is -0.289 e. The van der Waals surface area contributed by atoms with Crippen molar-refractivity contribution in [1.82, 2.24) is 0 Å². The van der Waals surface area contributed by atoms with Crippen molar-refractivity contribution < 1.29 is 0 Å². The first-order chi connectivity index (χ1) is 8.66. The standard InChI is InChI=1S/C16H16OS/c1-10(2)11-7-8-15-13(9-11)16(17)12-5-3-4-6-14(12)18-15/h3-8,10-11H,9H2,1-2H3. The molecule has 0 radical (unpaired) electrons. The first kappa shape index (κ1) is 11.7. The van der Waals surface area contributed by atoms with Crippen molar-refractivity contribution in [3.63, 3.8) is 0 Å². The number of hydrogen-bond donors (Lipinski definition) is 0. The van der Waals surface area contributed by atoms with E-state index in [0.717, 1.165) is 26.9 Å². The molecule has 18 heavy (non-hydrogen) atoms. The summed E-state index contributed by atoms with van der Waals surface area (Å²) in [4.78, 5) is 13.7. The Morgan fingerprint density at radius 2 is 2.06 bits per heavy atom. The maximum Gasteiger partial charge on any atom is 0.191 e. The molecule has 0 saturated carbocycles. The maximum atomic E-state index is 12.5. The van der Waals surface area contributed by atoms with Crippen molar-refractivity contribution in [3.8, 4) is 0 Å². The minimum absolute atomic E-state index is 0.231. The van der Waals surface area contributed by atoms with Gasteiger partial charge >= 0.3 is 0 Å². The van der Waals surface area contributed by atoms with Crippen LogP contribution < -0.4 is 5.43 Å². The molecule has 2 heteroatoms. The van der Waals surface area contributed by atoms with E-state index in [9.17, 15) is 4.79 Å². The molecule has 0 aliphatic heterocycles. The summed E-state index contributed by atoms with van der Waals surface area (Å²) in [5.74, 6) is 1.09. The summed E-state index contributed by atoms with van der Waals surface area (Å²) in [7, 11) is 0. The lowest BCUT2D eigenvalue weighted by Crippen LogP contribution is -2.20. The molecule has 0 amide bonds. The molecule has 1 aromatic heterocycles. The molecular weight excluding hydrogens is 240 g/mol. The van der Waals surface area contributed by atoms with Gasteiger partial charge in [-0.15, -0.1) is 11.3 Å². The van der Waals surface area contributed by atoms with Crippen molar-refractivity contribution in [2.45, 2.75) is 20.3 Å². The van der Waals surface area contributed by atoms with E-state index in [1.54, 1.807) is 11.3 Å². The summed E-state index contributed by atoms with van der Waals surface area (Å²) in [6.45, 7) is 4.43. The van der Waals surface area contributed by atoms with Crippen LogP contribution in [0.15, 0.2) is 35.1 Å². The molecule has 1 unspecified atom stereocenters. The van der Waals surface area contributed by atoms with Gasteiger partial charge < -0.3 is 0 Å². The Balaban J connectivity index is 2.23. The van der Waals surface area contributed by atoms with Crippen LogP contribution in [0.2, 0.25) is 0 Å². The maximum absolute atomic E-state index is 12.5. The molecule has 1 nitrogen and oxygen atoms in total. The highest BCUT2D eigenvalue weighted by atomic mass is 32.1. The number of benzene rings is 1. The molecule has 1 aliphatic carbocycles. The van der Waals surface area contributed by atoms with Gasteiger partial charge in [0.05, 0.1) is 0 Å². The molecule has 0 N–H and O–H groups in total. The molecule has 0 spiro atoms. The second-order valence-corrected chi connectivity index (χ2v) is 6.33. The fourth-order valence-electron chi connectivity index (χ4n) is 2.50. The molecule has 1 aromatic carbocycles. The van der Waals surface area contributed by atoms with Crippen LogP contribution in [0.4, 0.5) is 0 Å². The summed E-state index contributed by atoms with van der Waals surface area (Å²) in [5, 5.41) is 0.874. The predicted molar refractivity (Wildman–Crippen MR) is 79.2 cm³/mol. The van der Waals surface area contributed by atoms with E-state index < -0.39 is 0 Å². The molecule has 2 aromatic rings. The number of rotatable bonds is 1. The molecule has 0 saturated heterocycles.